The molecule has 0 spiro atoms. The lowest BCUT2D eigenvalue weighted by molar-refractivity contribution is -0.388. The first kappa shape index (κ1) is 22.2. The number of hydrogen-bond donors (Lipinski definition) is 0. The molecule has 0 aliphatic carbocycles. The zero-order valence-electron chi connectivity index (χ0n) is 17.1. The molecule has 2 aromatic carbocycles. The van der Waals surface area contributed by atoms with Crippen LogP contribution in [0.2, 0.25) is 0 Å². The van der Waals surface area contributed by atoms with Crippen LogP contribution < -0.4 is 4.74 Å². The number of ether oxygens (including phenoxy) is 1. The molecule has 0 bridgehead atoms. The average Bonchev–Trinajstić information content (AvgIpc) is 3.28. The van der Waals surface area contributed by atoms with Crippen molar-refractivity contribution in [1.29, 1.82) is 0 Å². The van der Waals surface area contributed by atoms with Crippen molar-refractivity contribution >= 4 is 27.5 Å². The van der Waals surface area contributed by atoms with Gasteiger partial charge in [-0.15, -0.1) is 10.2 Å². The lowest BCUT2D eigenvalue weighted by atomic mass is 10.2. The van der Waals surface area contributed by atoms with Gasteiger partial charge in [0, 0.05) is 19.2 Å². The van der Waals surface area contributed by atoms with E-state index in [1.54, 1.807) is 24.3 Å². The highest BCUT2D eigenvalue weighted by Crippen LogP contribution is 2.38. The summed E-state index contributed by atoms with van der Waals surface area (Å²) in [4.78, 5) is 11.2. The summed E-state index contributed by atoms with van der Waals surface area (Å²) in [6.07, 6.45) is 2.53. The Hall–Kier alpha value is -2.96. The Morgan fingerprint density at radius 2 is 1.88 bits per heavy atom. The Labute approximate surface area is 188 Å². The average molecular weight is 477 g/mol. The van der Waals surface area contributed by atoms with Crippen LogP contribution in [0.3, 0.4) is 0 Å². The van der Waals surface area contributed by atoms with E-state index >= 15 is 0 Å². The Kier molecular flexibility index (Phi) is 6.44. The summed E-state index contributed by atoms with van der Waals surface area (Å²) in [7, 11) is -2.27. The third-order valence-corrected chi connectivity index (χ3v) is 7.82. The summed E-state index contributed by atoms with van der Waals surface area (Å²) in [6, 6.07) is 11.0. The Morgan fingerprint density at radius 1 is 1.12 bits per heavy atom. The SMILES string of the molecule is COc1ccccc1-c1nnc(Sc2ccc(S(=O)(=O)N3CCCCC3)cc2[N+](=O)[O-])o1. The number of nitrogens with zero attached hydrogens (tertiary/aromatic N) is 4. The Bertz CT molecular complexity index is 1240. The first-order valence-electron chi connectivity index (χ1n) is 9.83. The van der Waals surface area contributed by atoms with Crippen molar-refractivity contribution in [1.82, 2.24) is 14.5 Å². The minimum atomic E-state index is -3.79. The van der Waals surface area contributed by atoms with E-state index in [2.05, 4.69) is 10.2 Å². The van der Waals surface area contributed by atoms with Gasteiger partial charge in [0.25, 0.3) is 16.8 Å². The molecule has 1 aromatic heterocycles. The summed E-state index contributed by atoms with van der Waals surface area (Å²) < 4.78 is 38.1. The summed E-state index contributed by atoms with van der Waals surface area (Å²) in [5.41, 5.74) is 0.247. The van der Waals surface area contributed by atoms with Crippen LogP contribution >= 0.6 is 11.8 Å². The van der Waals surface area contributed by atoms with Gasteiger partial charge in [-0.05, 0) is 48.9 Å². The number of aromatic nitrogens is 2. The molecule has 0 amide bonds. The molecule has 0 N–H and O–H groups in total. The number of hydrogen-bond acceptors (Lipinski definition) is 9. The fraction of sp³-hybridized carbons (Fsp3) is 0.300. The summed E-state index contributed by atoms with van der Waals surface area (Å²) >= 11 is 0.895. The monoisotopic (exact) mass is 476 g/mol. The third kappa shape index (κ3) is 4.47. The lowest BCUT2D eigenvalue weighted by Crippen LogP contribution is -2.35. The van der Waals surface area contributed by atoms with Crippen molar-refractivity contribution in [3.05, 3.63) is 52.6 Å². The van der Waals surface area contributed by atoms with Crippen molar-refractivity contribution in [2.75, 3.05) is 20.2 Å². The summed E-state index contributed by atoms with van der Waals surface area (Å²) in [5, 5.41) is 19.7. The number of sulfonamides is 1. The van der Waals surface area contributed by atoms with Crippen LogP contribution in [0.4, 0.5) is 5.69 Å². The number of rotatable bonds is 7. The molecule has 10 nitrogen and oxygen atoms in total. The van der Waals surface area contributed by atoms with E-state index in [0.29, 0.717) is 24.4 Å². The Morgan fingerprint density at radius 3 is 2.59 bits per heavy atom. The largest absolute Gasteiger partial charge is 0.496 e. The molecule has 0 unspecified atom stereocenters. The van der Waals surface area contributed by atoms with Crippen molar-refractivity contribution < 1.29 is 22.5 Å². The standard InChI is InChI=1S/C20H20N4O6S2/c1-29-17-8-4-3-7-15(17)19-21-22-20(30-19)31-18-10-9-14(13-16(18)24(25)26)32(27,28)23-11-5-2-6-12-23/h3-4,7-10,13H,2,5-6,11-12H2,1H3. The van der Waals surface area contributed by atoms with E-state index in [9.17, 15) is 18.5 Å². The molecule has 1 aliphatic rings. The maximum Gasteiger partial charge on any atom is 0.284 e. The van der Waals surface area contributed by atoms with Crippen LogP contribution in [0.5, 0.6) is 5.75 Å². The first-order valence-corrected chi connectivity index (χ1v) is 12.1. The predicted octanol–water partition coefficient (Wildman–Crippen LogP) is 3.98. The maximum absolute atomic E-state index is 12.9. The third-order valence-electron chi connectivity index (χ3n) is 5.02. The molecule has 4 rings (SSSR count). The molecule has 0 atom stereocenters. The van der Waals surface area contributed by atoms with E-state index in [4.69, 9.17) is 9.15 Å². The van der Waals surface area contributed by atoms with Crippen molar-refractivity contribution in [3.63, 3.8) is 0 Å². The van der Waals surface area contributed by atoms with Crippen molar-refractivity contribution in [3.8, 4) is 17.2 Å². The zero-order valence-corrected chi connectivity index (χ0v) is 18.8. The van der Waals surface area contributed by atoms with Gasteiger partial charge >= 0.3 is 0 Å². The highest BCUT2D eigenvalue weighted by molar-refractivity contribution is 7.99. The van der Waals surface area contributed by atoms with Gasteiger partial charge < -0.3 is 9.15 Å². The van der Waals surface area contributed by atoms with Crippen LogP contribution in [0.1, 0.15) is 19.3 Å². The fourth-order valence-electron chi connectivity index (χ4n) is 3.42. The molecule has 0 saturated carbocycles. The van der Waals surface area contributed by atoms with Gasteiger partial charge in [0.2, 0.25) is 10.0 Å². The predicted molar refractivity (Wildman–Crippen MR) is 116 cm³/mol. The van der Waals surface area contributed by atoms with Crippen molar-refractivity contribution in [2.45, 2.75) is 34.3 Å². The summed E-state index contributed by atoms with van der Waals surface area (Å²) in [5.74, 6) is 0.753. The maximum atomic E-state index is 12.9. The fourth-order valence-corrected chi connectivity index (χ4v) is 5.72. The van der Waals surface area contributed by atoms with E-state index in [0.717, 1.165) is 37.1 Å². The lowest BCUT2D eigenvalue weighted by Gasteiger charge is -2.25. The van der Waals surface area contributed by atoms with Gasteiger partial charge in [0.15, 0.2) is 0 Å². The normalized spacial score (nSPS) is 14.9. The van der Waals surface area contributed by atoms with E-state index in [-0.39, 0.29) is 26.6 Å². The molecule has 168 valence electrons. The smallest absolute Gasteiger partial charge is 0.284 e. The van der Waals surface area contributed by atoms with E-state index in [1.807, 2.05) is 0 Å². The molecule has 3 aromatic rings. The topological polar surface area (TPSA) is 129 Å². The molecule has 0 radical (unpaired) electrons. The van der Waals surface area contributed by atoms with Crippen LogP contribution in [-0.4, -0.2) is 48.0 Å². The first-order chi connectivity index (χ1) is 15.4. The molecule has 12 heteroatoms. The quantitative estimate of drug-likeness (QED) is 0.367. The minimum absolute atomic E-state index is 0.0839. The number of nitro benzene ring substituents is 1. The second-order valence-electron chi connectivity index (χ2n) is 7.03. The molecule has 1 fully saturated rings. The number of para-hydroxylation sites is 1. The molecule has 2 heterocycles. The van der Waals surface area contributed by atoms with Gasteiger partial charge in [0.05, 0.1) is 27.4 Å². The van der Waals surface area contributed by atoms with Crippen molar-refractivity contribution in [2.24, 2.45) is 0 Å². The number of nitro groups is 1. The number of methoxy groups -OCH3 is 1. The van der Waals surface area contributed by atoms with Gasteiger partial charge in [-0.25, -0.2) is 8.42 Å². The highest BCUT2D eigenvalue weighted by Gasteiger charge is 2.29. The van der Waals surface area contributed by atoms with Gasteiger partial charge in [-0.3, -0.25) is 10.1 Å². The molecule has 1 aliphatic heterocycles. The zero-order chi connectivity index (χ0) is 22.7. The number of piperidine rings is 1. The second kappa shape index (κ2) is 9.27. The second-order valence-corrected chi connectivity index (χ2v) is 9.96. The Balaban J connectivity index is 1.62. The van der Waals surface area contributed by atoms with E-state index in [1.165, 1.54) is 23.5 Å². The van der Waals surface area contributed by atoms with Crippen LogP contribution in [-0.2, 0) is 10.0 Å². The highest BCUT2D eigenvalue weighted by atomic mass is 32.2. The van der Waals surface area contributed by atoms with Crippen LogP contribution in [0, 0.1) is 10.1 Å². The van der Waals surface area contributed by atoms with Crippen LogP contribution in [0.25, 0.3) is 11.5 Å². The van der Waals surface area contributed by atoms with Gasteiger partial charge in [-0.2, -0.15) is 4.31 Å². The molecular formula is C20H20N4O6S2. The van der Waals surface area contributed by atoms with Gasteiger partial charge in [0.1, 0.15) is 5.75 Å². The molecule has 32 heavy (non-hydrogen) atoms. The van der Waals surface area contributed by atoms with E-state index < -0.39 is 14.9 Å². The molecular weight excluding hydrogens is 456 g/mol. The molecule has 1 saturated heterocycles. The summed E-state index contributed by atoms with van der Waals surface area (Å²) in [6.45, 7) is 0.834. The number of benzene rings is 2. The van der Waals surface area contributed by atoms with Gasteiger partial charge in [-0.1, -0.05) is 18.6 Å². The van der Waals surface area contributed by atoms with Crippen LogP contribution in [0.15, 0.2) is 61.9 Å². The minimum Gasteiger partial charge on any atom is -0.496 e.